The van der Waals surface area contributed by atoms with E-state index in [-0.39, 0.29) is 11.7 Å². The summed E-state index contributed by atoms with van der Waals surface area (Å²) in [7, 11) is 0. The summed E-state index contributed by atoms with van der Waals surface area (Å²) in [5.41, 5.74) is 0.241. The molecule has 1 amide bonds. The Morgan fingerprint density at radius 3 is 2.52 bits per heavy atom. The number of anilines is 1. The average Bonchev–Trinajstić information content (AvgIpc) is 2.46. The first-order valence-corrected chi connectivity index (χ1v) is 8.40. The molecule has 1 heterocycles. The maximum absolute atomic E-state index is 12.7. The summed E-state index contributed by atoms with van der Waals surface area (Å²) >= 11 is 5.90. The molecule has 0 fully saturated rings. The van der Waals surface area contributed by atoms with E-state index in [0.29, 0.717) is 29.5 Å². The molecule has 1 atom stereocenters. The van der Waals surface area contributed by atoms with Gasteiger partial charge in [0.2, 0.25) is 0 Å². The van der Waals surface area contributed by atoms with E-state index in [4.69, 9.17) is 16.3 Å². The molecule has 0 saturated carbocycles. The number of ether oxygens (including phenoxy) is 1. The van der Waals surface area contributed by atoms with Crippen LogP contribution in [-0.2, 0) is 4.79 Å². The molecular weight excluding hydrogens is 314 g/mol. The first kappa shape index (κ1) is 17.8. The van der Waals surface area contributed by atoms with E-state index in [1.807, 2.05) is 0 Å². The number of hydrogen-bond donors (Lipinski definition) is 0. The van der Waals surface area contributed by atoms with E-state index >= 15 is 0 Å². The summed E-state index contributed by atoms with van der Waals surface area (Å²) in [6.45, 7) is 10.0. The number of nitrogens with zero attached hydrogens (tertiary/aromatic N) is 1. The number of alkyl halides is 1. The van der Waals surface area contributed by atoms with Crippen molar-refractivity contribution in [3.8, 4) is 5.75 Å². The number of halogens is 1. The van der Waals surface area contributed by atoms with Gasteiger partial charge >= 0.3 is 0 Å². The monoisotopic (exact) mass is 337 g/mol. The lowest BCUT2D eigenvalue weighted by Crippen LogP contribution is -2.53. The van der Waals surface area contributed by atoms with Gasteiger partial charge < -0.3 is 9.64 Å². The largest absolute Gasteiger partial charge is 0.476 e. The van der Waals surface area contributed by atoms with Crippen molar-refractivity contribution >= 4 is 29.0 Å². The van der Waals surface area contributed by atoms with Crippen molar-refractivity contribution < 1.29 is 14.3 Å². The summed E-state index contributed by atoms with van der Waals surface area (Å²) in [5, 5.41) is -0.603. The number of ketones is 1. The van der Waals surface area contributed by atoms with E-state index in [0.717, 1.165) is 6.42 Å². The zero-order valence-electron chi connectivity index (χ0n) is 14.4. The predicted octanol–water partition coefficient (Wildman–Crippen LogP) is 4.05. The Bertz CT molecular complexity index is 623. The van der Waals surface area contributed by atoms with E-state index in [2.05, 4.69) is 13.8 Å². The fourth-order valence-electron chi connectivity index (χ4n) is 2.56. The van der Waals surface area contributed by atoms with Crippen LogP contribution in [0.3, 0.4) is 0 Å². The standard InChI is InChI=1S/C18H24ClNO3/c1-11(2)8-9-20-14-10-13(16(21)12(3)19)6-7-15(14)23-18(4,5)17(20)22/h6-7,10-12H,8-9H2,1-5H3. The van der Waals surface area contributed by atoms with E-state index in [9.17, 15) is 9.59 Å². The second kappa shape index (κ2) is 6.52. The summed E-state index contributed by atoms with van der Waals surface area (Å²) in [5.74, 6) is 0.853. The van der Waals surface area contributed by atoms with Crippen LogP contribution in [0.4, 0.5) is 5.69 Å². The van der Waals surface area contributed by atoms with Crippen molar-refractivity contribution in [2.24, 2.45) is 5.92 Å². The van der Waals surface area contributed by atoms with Crippen LogP contribution in [0.25, 0.3) is 0 Å². The molecule has 1 aliphatic heterocycles. The van der Waals surface area contributed by atoms with Gasteiger partial charge in [-0.2, -0.15) is 0 Å². The zero-order valence-corrected chi connectivity index (χ0v) is 15.1. The van der Waals surface area contributed by atoms with E-state index < -0.39 is 11.0 Å². The molecule has 5 heteroatoms. The third kappa shape index (κ3) is 3.69. The number of rotatable bonds is 5. The number of hydrogen-bond acceptors (Lipinski definition) is 3. The summed E-state index contributed by atoms with van der Waals surface area (Å²) in [4.78, 5) is 26.6. The highest BCUT2D eigenvalue weighted by molar-refractivity contribution is 6.33. The minimum Gasteiger partial charge on any atom is -0.476 e. The molecule has 0 radical (unpaired) electrons. The van der Waals surface area contributed by atoms with Crippen LogP contribution in [0.5, 0.6) is 5.75 Å². The Hall–Kier alpha value is -1.55. The molecule has 126 valence electrons. The van der Waals surface area contributed by atoms with Gasteiger partial charge in [0.1, 0.15) is 5.75 Å². The van der Waals surface area contributed by atoms with E-state index in [1.165, 1.54) is 0 Å². The second-order valence-corrected chi connectivity index (χ2v) is 7.57. The summed E-state index contributed by atoms with van der Waals surface area (Å²) in [6.07, 6.45) is 0.880. The maximum Gasteiger partial charge on any atom is 0.270 e. The molecule has 1 aromatic carbocycles. The smallest absolute Gasteiger partial charge is 0.270 e. The van der Waals surface area contributed by atoms with Crippen molar-refractivity contribution in [3.63, 3.8) is 0 Å². The van der Waals surface area contributed by atoms with Crippen LogP contribution >= 0.6 is 11.6 Å². The lowest BCUT2D eigenvalue weighted by Gasteiger charge is -2.39. The number of benzene rings is 1. The molecule has 1 aliphatic rings. The number of Topliss-reactive ketones (excluding diaryl/α,β-unsaturated/α-hetero) is 1. The first-order chi connectivity index (χ1) is 10.6. The van der Waals surface area contributed by atoms with Crippen LogP contribution < -0.4 is 9.64 Å². The summed E-state index contributed by atoms with van der Waals surface area (Å²) < 4.78 is 5.83. The van der Waals surface area contributed by atoms with Crippen LogP contribution in [0.15, 0.2) is 18.2 Å². The Labute approximate surface area is 142 Å². The van der Waals surface area contributed by atoms with E-state index in [1.54, 1.807) is 43.9 Å². The lowest BCUT2D eigenvalue weighted by atomic mass is 10.00. The van der Waals surface area contributed by atoms with Gasteiger partial charge in [-0.1, -0.05) is 13.8 Å². The maximum atomic E-state index is 12.7. The topological polar surface area (TPSA) is 46.6 Å². The minimum absolute atomic E-state index is 0.0887. The molecule has 0 saturated heterocycles. The molecule has 0 spiro atoms. The molecule has 0 bridgehead atoms. The Kier molecular flexibility index (Phi) is 5.04. The normalized spacial score (nSPS) is 17.7. The van der Waals surface area contributed by atoms with Gasteiger partial charge in [-0.15, -0.1) is 11.6 Å². The van der Waals surface area contributed by atoms with Gasteiger partial charge in [0.25, 0.3) is 5.91 Å². The SMILES string of the molecule is CC(C)CCN1C(=O)C(C)(C)Oc2ccc(C(=O)C(C)Cl)cc21. The Morgan fingerprint density at radius 1 is 1.30 bits per heavy atom. The lowest BCUT2D eigenvalue weighted by molar-refractivity contribution is -0.132. The summed E-state index contributed by atoms with van der Waals surface area (Å²) in [6, 6.07) is 5.16. The van der Waals surface area contributed by atoms with Gasteiger partial charge in [-0.25, -0.2) is 0 Å². The molecular formula is C18H24ClNO3. The third-order valence-corrected chi connectivity index (χ3v) is 4.15. The van der Waals surface area contributed by atoms with Gasteiger partial charge in [0, 0.05) is 12.1 Å². The quantitative estimate of drug-likeness (QED) is 0.601. The van der Waals surface area contributed by atoms with Crippen molar-refractivity contribution in [1.29, 1.82) is 0 Å². The van der Waals surface area contributed by atoms with Crippen LogP contribution in [0.2, 0.25) is 0 Å². The molecule has 23 heavy (non-hydrogen) atoms. The number of amides is 1. The molecule has 1 unspecified atom stereocenters. The first-order valence-electron chi connectivity index (χ1n) is 7.97. The van der Waals surface area contributed by atoms with Crippen LogP contribution in [0.1, 0.15) is 51.4 Å². The second-order valence-electron chi connectivity index (χ2n) is 6.91. The number of fused-ring (bicyclic) bond motifs is 1. The average molecular weight is 338 g/mol. The highest BCUT2D eigenvalue weighted by Crippen LogP contribution is 2.39. The van der Waals surface area contributed by atoms with Crippen LogP contribution in [0, 0.1) is 5.92 Å². The Morgan fingerprint density at radius 2 is 1.96 bits per heavy atom. The van der Waals surface area contributed by atoms with Gasteiger partial charge in [-0.05, 0) is 51.3 Å². The predicted molar refractivity (Wildman–Crippen MR) is 92.6 cm³/mol. The fraction of sp³-hybridized carbons (Fsp3) is 0.556. The number of carbonyl (C=O) groups excluding carboxylic acids is 2. The molecule has 2 rings (SSSR count). The number of carbonyl (C=O) groups is 2. The Balaban J connectivity index is 2.44. The molecule has 0 aliphatic carbocycles. The van der Waals surface area contributed by atoms with Crippen LogP contribution in [-0.4, -0.2) is 29.2 Å². The van der Waals surface area contributed by atoms with Crippen molar-refractivity contribution in [3.05, 3.63) is 23.8 Å². The van der Waals surface area contributed by atoms with Crippen molar-refractivity contribution in [2.45, 2.75) is 52.0 Å². The zero-order chi connectivity index (χ0) is 17.4. The van der Waals surface area contributed by atoms with Gasteiger partial charge in [-0.3, -0.25) is 9.59 Å². The van der Waals surface area contributed by atoms with Gasteiger partial charge in [0.05, 0.1) is 11.1 Å². The van der Waals surface area contributed by atoms with Crippen molar-refractivity contribution in [1.82, 2.24) is 0 Å². The molecule has 0 N–H and O–H groups in total. The molecule has 0 aromatic heterocycles. The molecule has 1 aromatic rings. The highest BCUT2D eigenvalue weighted by Gasteiger charge is 2.41. The highest BCUT2D eigenvalue weighted by atomic mass is 35.5. The third-order valence-electron chi connectivity index (χ3n) is 3.95. The van der Waals surface area contributed by atoms with Gasteiger partial charge in [0.15, 0.2) is 11.4 Å². The molecule has 4 nitrogen and oxygen atoms in total. The fourth-order valence-corrected chi connectivity index (χ4v) is 2.69. The van der Waals surface area contributed by atoms with Crippen molar-refractivity contribution in [2.75, 3.05) is 11.4 Å². The minimum atomic E-state index is -0.907.